The maximum absolute atomic E-state index is 11.9. The highest BCUT2D eigenvalue weighted by molar-refractivity contribution is 5.81. The zero-order valence-corrected chi connectivity index (χ0v) is 11.5. The molecule has 0 saturated carbocycles. The van der Waals surface area contributed by atoms with Gasteiger partial charge < -0.3 is 9.84 Å². The summed E-state index contributed by atoms with van der Waals surface area (Å²) in [5, 5.41) is 9.27. The Morgan fingerprint density at radius 3 is 2.26 bits per heavy atom. The van der Waals surface area contributed by atoms with Gasteiger partial charge in [0.1, 0.15) is 5.60 Å². The van der Waals surface area contributed by atoms with Crippen LogP contribution in [0.2, 0.25) is 0 Å². The molecule has 19 heavy (non-hydrogen) atoms. The summed E-state index contributed by atoms with van der Waals surface area (Å²) in [5.74, 6) is -1.13. The van der Waals surface area contributed by atoms with E-state index in [-0.39, 0.29) is 0 Å². The molecule has 6 heteroatoms. The molecule has 0 aliphatic rings. The largest absolute Gasteiger partial charge is 0.479 e. The lowest BCUT2D eigenvalue weighted by Gasteiger charge is -2.28. The topological polar surface area (TPSA) is 79.7 Å². The number of hydrogen-bond donors (Lipinski definition) is 1. The highest BCUT2D eigenvalue weighted by Gasteiger charge is 2.31. The summed E-state index contributed by atoms with van der Waals surface area (Å²) in [6.07, 6.45) is 2.28. The summed E-state index contributed by atoms with van der Waals surface area (Å²) >= 11 is 0. The van der Waals surface area contributed by atoms with Gasteiger partial charge in [0.05, 0.1) is 0 Å². The fraction of sp³-hybridized carbons (Fsp3) is 0.462. The predicted molar refractivity (Wildman–Crippen MR) is 68.6 cm³/mol. The van der Waals surface area contributed by atoms with Crippen LogP contribution in [-0.4, -0.2) is 39.7 Å². The van der Waals surface area contributed by atoms with Gasteiger partial charge in [0, 0.05) is 19.4 Å². The molecule has 104 valence electrons. The number of carbonyl (C=O) groups excluding carboxylic acids is 1. The van der Waals surface area contributed by atoms with Gasteiger partial charge in [-0.25, -0.2) is 9.59 Å². The van der Waals surface area contributed by atoms with E-state index in [1.165, 1.54) is 19.4 Å². The maximum Gasteiger partial charge on any atom is 0.411 e. The second-order valence-electron chi connectivity index (χ2n) is 5.11. The molecule has 1 heterocycles. The Bertz CT molecular complexity index is 453. The summed E-state index contributed by atoms with van der Waals surface area (Å²) in [5.41, 5.74) is -0.206. The molecule has 0 aliphatic carbocycles. The van der Waals surface area contributed by atoms with Crippen molar-refractivity contribution in [1.82, 2.24) is 9.88 Å². The van der Waals surface area contributed by atoms with Crippen molar-refractivity contribution in [2.24, 2.45) is 0 Å². The Labute approximate surface area is 112 Å². The van der Waals surface area contributed by atoms with Gasteiger partial charge >= 0.3 is 12.1 Å². The molecule has 0 saturated heterocycles. The number of carboxylic acid groups (broad SMARTS) is 1. The molecular formula is C13H18N2O4. The first-order valence-corrected chi connectivity index (χ1v) is 5.81. The predicted octanol–water partition coefficient (Wildman–Crippen LogP) is 2.07. The van der Waals surface area contributed by atoms with E-state index in [1.54, 1.807) is 32.9 Å². The van der Waals surface area contributed by atoms with E-state index in [4.69, 9.17) is 4.74 Å². The van der Waals surface area contributed by atoms with Crippen LogP contribution in [0.1, 0.15) is 32.4 Å². The summed E-state index contributed by atoms with van der Waals surface area (Å²) in [6.45, 7) is 5.17. The average Bonchev–Trinajstić information content (AvgIpc) is 2.27. The Balaban J connectivity index is 2.95. The van der Waals surface area contributed by atoms with Gasteiger partial charge in [0.25, 0.3) is 0 Å². The number of aromatic nitrogens is 1. The number of nitrogens with zero attached hydrogens (tertiary/aromatic N) is 2. The Kier molecular flexibility index (Phi) is 4.47. The van der Waals surface area contributed by atoms with E-state index in [1.807, 2.05) is 0 Å². The zero-order valence-electron chi connectivity index (χ0n) is 11.5. The summed E-state index contributed by atoms with van der Waals surface area (Å²) in [4.78, 5) is 28.1. The van der Waals surface area contributed by atoms with E-state index in [2.05, 4.69) is 4.98 Å². The van der Waals surface area contributed by atoms with Crippen LogP contribution in [0, 0.1) is 0 Å². The normalized spacial score (nSPS) is 12.6. The van der Waals surface area contributed by atoms with Crippen molar-refractivity contribution in [1.29, 1.82) is 0 Å². The van der Waals surface area contributed by atoms with Crippen LogP contribution in [0.25, 0.3) is 0 Å². The molecular weight excluding hydrogens is 248 g/mol. The quantitative estimate of drug-likeness (QED) is 0.906. The third kappa shape index (κ3) is 4.24. The van der Waals surface area contributed by atoms with Crippen molar-refractivity contribution in [3.63, 3.8) is 0 Å². The molecule has 1 amide bonds. The summed E-state index contributed by atoms with van der Waals surface area (Å²) < 4.78 is 5.16. The van der Waals surface area contributed by atoms with Crippen molar-refractivity contribution in [2.45, 2.75) is 32.4 Å². The molecule has 0 aromatic carbocycles. The molecule has 0 aliphatic heterocycles. The molecule has 1 aromatic rings. The standard InChI is InChI=1S/C13H18N2O4/c1-13(2,3)19-12(18)15(4)10(11(16)17)9-5-7-14-8-6-9/h5-8,10H,1-4H3,(H,16,17). The molecule has 0 bridgehead atoms. The first kappa shape index (κ1) is 14.9. The van der Waals surface area contributed by atoms with Crippen molar-refractivity contribution in [2.75, 3.05) is 7.05 Å². The number of likely N-dealkylation sites (N-methyl/N-ethyl adjacent to an activating group) is 1. The number of ether oxygens (including phenoxy) is 1. The van der Waals surface area contributed by atoms with Crippen LogP contribution >= 0.6 is 0 Å². The third-order valence-electron chi connectivity index (χ3n) is 2.32. The highest BCUT2D eigenvalue weighted by atomic mass is 16.6. The maximum atomic E-state index is 11.9. The number of pyridine rings is 1. The van der Waals surface area contributed by atoms with Gasteiger partial charge in [-0.05, 0) is 38.5 Å². The molecule has 0 radical (unpaired) electrons. The zero-order chi connectivity index (χ0) is 14.6. The second kappa shape index (κ2) is 5.69. The molecule has 0 spiro atoms. The minimum Gasteiger partial charge on any atom is -0.479 e. The van der Waals surface area contributed by atoms with Crippen molar-refractivity contribution >= 4 is 12.1 Å². The number of carbonyl (C=O) groups is 2. The number of rotatable bonds is 3. The van der Waals surface area contributed by atoms with Crippen LogP contribution in [0.4, 0.5) is 4.79 Å². The number of amides is 1. The van der Waals surface area contributed by atoms with Crippen LogP contribution in [-0.2, 0) is 9.53 Å². The van der Waals surface area contributed by atoms with E-state index >= 15 is 0 Å². The molecule has 1 rings (SSSR count). The number of carboxylic acids is 1. The highest BCUT2D eigenvalue weighted by Crippen LogP contribution is 2.21. The van der Waals surface area contributed by atoms with Crippen LogP contribution in [0.3, 0.4) is 0 Å². The summed E-state index contributed by atoms with van der Waals surface area (Å²) in [7, 11) is 1.40. The Morgan fingerprint density at radius 2 is 1.84 bits per heavy atom. The first-order chi connectivity index (χ1) is 8.72. The molecule has 0 fully saturated rings. The molecule has 1 aromatic heterocycles. The molecule has 6 nitrogen and oxygen atoms in total. The van der Waals surface area contributed by atoms with Gasteiger partial charge in [0.15, 0.2) is 6.04 Å². The molecule has 1 atom stereocenters. The lowest BCUT2D eigenvalue weighted by Crippen LogP contribution is -2.39. The van der Waals surface area contributed by atoms with Gasteiger partial charge in [0.2, 0.25) is 0 Å². The van der Waals surface area contributed by atoms with E-state index in [0.717, 1.165) is 4.90 Å². The SMILES string of the molecule is CN(C(=O)OC(C)(C)C)C(C(=O)O)c1ccncc1. The molecule has 1 unspecified atom stereocenters. The van der Waals surface area contributed by atoms with E-state index < -0.39 is 23.7 Å². The van der Waals surface area contributed by atoms with Gasteiger partial charge in [-0.15, -0.1) is 0 Å². The van der Waals surface area contributed by atoms with Crippen LogP contribution in [0.15, 0.2) is 24.5 Å². The van der Waals surface area contributed by atoms with E-state index in [9.17, 15) is 14.7 Å². The monoisotopic (exact) mass is 266 g/mol. The second-order valence-corrected chi connectivity index (χ2v) is 5.11. The lowest BCUT2D eigenvalue weighted by molar-refractivity contribution is -0.142. The van der Waals surface area contributed by atoms with Crippen molar-refractivity contribution in [3.05, 3.63) is 30.1 Å². The van der Waals surface area contributed by atoms with Gasteiger partial charge in [-0.3, -0.25) is 9.88 Å². The third-order valence-corrected chi connectivity index (χ3v) is 2.32. The average molecular weight is 266 g/mol. The van der Waals surface area contributed by atoms with Gasteiger partial charge in [-0.1, -0.05) is 0 Å². The van der Waals surface area contributed by atoms with Crippen molar-refractivity contribution < 1.29 is 19.4 Å². The van der Waals surface area contributed by atoms with Gasteiger partial charge in [-0.2, -0.15) is 0 Å². The Hall–Kier alpha value is -2.11. The minimum absolute atomic E-state index is 0.468. The number of hydrogen-bond acceptors (Lipinski definition) is 4. The summed E-state index contributed by atoms with van der Waals surface area (Å²) in [6, 6.07) is 2.01. The Morgan fingerprint density at radius 1 is 1.32 bits per heavy atom. The smallest absolute Gasteiger partial charge is 0.411 e. The molecule has 1 N–H and O–H groups in total. The lowest BCUT2D eigenvalue weighted by atomic mass is 10.1. The van der Waals surface area contributed by atoms with Crippen LogP contribution < -0.4 is 0 Å². The fourth-order valence-electron chi connectivity index (χ4n) is 1.52. The number of aliphatic carboxylic acids is 1. The minimum atomic E-state index is -1.13. The van der Waals surface area contributed by atoms with Crippen LogP contribution in [0.5, 0.6) is 0 Å². The first-order valence-electron chi connectivity index (χ1n) is 5.81. The van der Waals surface area contributed by atoms with Crippen molar-refractivity contribution in [3.8, 4) is 0 Å². The fourth-order valence-corrected chi connectivity index (χ4v) is 1.52. The van der Waals surface area contributed by atoms with E-state index in [0.29, 0.717) is 5.56 Å².